The third-order valence-corrected chi connectivity index (χ3v) is 7.95. The molecule has 0 saturated carbocycles. The standard InChI is InChI=1S/C31H16N2O5/c1-32-28(35)20-10-6-16-18-8-12-22-27-23(31(38)33(30(22)37)14-2-4-15(34)5-3-14)13-9-19(25(18)27)17-7-11-21(29(32)36)26(20)24(16)17/h2-13,34H,1H3. The lowest BCUT2D eigenvalue weighted by atomic mass is 9.82. The van der Waals surface area contributed by atoms with Gasteiger partial charge in [-0.15, -0.1) is 0 Å². The summed E-state index contributed by atoms with van der Waals surface area (Å²) in [5, 5.41) is 15.9. The van der Waals surface area contributed by atoms with Crippen LogP contribution in [0.5, 0.6) is 5.75 Å². The lowest BCUT2D eigenvalue weighted by Gasteiger charge is -2.29. The molecule has 0 bridgehead atoms. The Hall–Kier alpha value is -5.30. The third kappa shape index (κ3) is 2.29. The first kappa shape index (κ1) is 20.8. The minimum atomic E-state index is -0.438. The SMILES string of the molecule is CN1C(=O)c2ccc3c4ccc5c6c(ccc(c7ccc(c2c37)C1=O)c64)C(=O)N(c1ccc(O)cc1)C5=O. The highest BCUT2D eigenvalue weighted by Crippen LogP contribution is 2.46. The number of amides is 4. The molecule has 38 heavy (non-hydrogen) atoms. The van der Waals surface area contributed by atoms with Gasteiger partial charge in [0.1, 0.15) is 5.75 Å². The number of fused-ring (bicyclic) bond motifs is 2. The minimum Gasteiger partial charge on any atom is -0.508 e. The van der Waals surface area contributed by atoms with Crippen molar-refractivity contribution in [2.75, 3.05) is 11.9 Å². The molecule has 6 aromatic rings. The highest BCUT2D eigenvalue weighted by Gasteiger charge is 2.36. The van der Waals surface area contributed by atoms with Crippen LogP contribution in [0.1, 0.15) is 41.4 Å². The zero-order valence-corrected chi connectivity index (χ0v) is 19.9. The Morgan fingerprint density at radius 3 is 1.24 bits per heavy atom. The van der Waals surface area contributed by atoms with Gasteiger partial charge in [0.2, 0.25) is 0 Å². The Kier molecular flexibility index (Phi) is 3.68. The maximum absolute atomic E-state index is 13.7. The fourth-order valence-electron chi connectivity index (χ4n) is 6.22. The molecule has 0 spiro atoms. The van der Waals surface area contributed by atoms with Crippen molar-refractivity contribution < 1.29 is 24.3 Å². The summed E-state index contributed by atoms with van der Waals surface area (Å²) in [6.45, 7) is 0. The quantitative estimate of drug-likeness (QED) is 0.185. The van der Waals surface area contributed by atoms with Gasteiger partial charge in [0.05, 0.1) is 5.69 Å². The van der Waals surface area contributed by atoms with E-state index in [1.807, 2.05) is 24.3 Å². The van der Waals surface area contributed by atoms with E-state index in [4.69, 9.17) is 0 Å². The molecule has 0 aromatic heterocycles. The van der Waals surface area contributed by atoms with Crippen LogP contribution in [0.2, 0.25) is 0 Å². The van der Waals surface area contributed by atoms with Gasteiger partial charge in [-0.25, -0.2) is 4.90 Å². The van der Waals surface area contributed by atoms with Crippen LogP contribution < -0.4 is 4.90 Å². The average molecular weight is 496 g/mol. The van der Waals surface area contributed by atoms with Gasteiger partial charge >= 0.3 is 0 Å². The van der Waals surface area contributed by atoms with E-state index in [1.165, 1.54) is 31.3 Å². The molecule has 0 fully saturated rings. The van der Waals surface area contributed by atoms with Gasteiger partial charge in [0.15, 0.2) is 0 Å². The van der Waals surface area contributed by atoms with E-state index < -0.39 is 11.8 Å². The highest BCUT2D eigenvalue weighted by atomic mass is 16.3. The fraction of sp³-hybridized carbons (Fsp3) is 0.0323. The molecule has 0 unspecified atom stereocenters. The van der Waals surface area contributed by atoms with Crippen LogP contribution in [0.4, 0.5) is 5.69 Å². The van der Waals surface area contributed by atoms with E-state index in [0.29, 0.717) is 38.7 Å². The van der Waals surface area contributed by atoms with Crippen LogP contribution in [0.15, 0.2) is 72.8 Å². The van der Waals surface area contributed by atoms with Crippen molar-refractivity contribution in [3.8, 4) is 5.75 Å². The minimum absolute atomic E-state index is 0.0402. The lowest BCUT2D eigenvalue weighted by Crippen LogP contribution is -2.40. The lowest BCUT2D eigenvalue weighted by molar-refractivity contribution is 0.0650. The summed E-state index contributed by atoms with van der Waals surface area (Å²) in [7, 11) is 1.49. The first-order valence-corrected chi connectivity index (χ1v) is 12.1. The van der Waals surface area contributed by atoms with Crippen molar-refractivity contribution in [3.63, 3.8) is 0 Å². The first-order valence-electron chi connectivity index (χ1n) is 12.1. The van der Waals surface area contributed by atoms with E-state index in [0.717, 1.165) is 42.1 Å². The van der Waals surface area contributed by atoms with E-state index >= 15 is 0 Å². The molecule has 4 amide bonds. The summed E-state index contributed by atoms with van der Waals surface area (Å²) in [6, 6.07) is 20.4. The van der Waals surface area contributed by atoms with Crippen LogP contribution >= 0.6 is 0 Å². The highest BCUT2D eigenvalue weighted by molar-refractivity contribution is 6.43. The number of carbonyl (C=O) groups excluding carboxylic acids is 4. The summed E-state index contributed by atoms with van der Waals surface area (Å²) in [6.07, 6.45) is 0. The number of benzene rings is 6. The molecular formula is C31H16N2O5. The van der Waals surface area contributed by atoms with Gasteiger partial charge in [-0.3, -0.25) is 24.1 Å². The maximum Gasteiger partial charge on any atom is 0.265 e. The van der Waals surface area contributed by atoms with Crippen molar-refractivity contribution in [3.05, 3.63) is 95.1 Å². The van der Waals surface area contributed by atoms with Gasteiger partial charge in [-0.05, 0) is 80.8 Å². The molecular weight excluding hydrogens is 480 g/mol. The molecule has 0 aliphatic carbocycles. The van der Waals surface area contributed by atoms with Gasteiger partial charge in [-0.1, -0.05) is 24.3 Å². The maximum atomic E-state index is 13.7. The van der Waals surface area contributed by atoms with E-state index in [2.05, 4.69) is 0 Å². The summed E-state index contributed by atoms with van der Waals surface area (Å²) in [5.74, 6) is -1.52. The Balaban J connectivity index is 1.49. The number of hydrogen-bond acceptors (Lipinski definition) is 5. The number of carbonyl (C=O) groups is 4. The van der Waals surface area contributed by atoms with Crippen molar-refractivity contribution in [1.82, 2.24) is 4.90 Å². The van der Waals surface area contributed by atoms with Crippen LogP contribution in [0.25, 0.3) is 43.1 Å². The second-order valence-corrected chi connectivity index (χ2v) is 9.77. The number of anilines is 1. The summed E-state index contributed by atoms with van der Waals surface area (Å²) < 4.78 is 0. The average Bonchev–Trinajstić information content (AvgIpc) is 2.93. The Morgan fingerprint density at radius 1 is 0.474 bits per heavy atom. The number of phenols is 1. The number of rotatable bonds is 1. The second-order valence-electron chi connectivity index (χ2n) is 9.77. The van der Waals surface area contributed by atoms with E-state index in [-0.39, 0.29) is 17.6 Å². The molecule has 0 radical (unpaired) electrons. The molecule has 7 nitrogen and oxygen atoms in total. The molecule has 1 N–H and O–H groups in total. The number of imide groups is 2. The molecule has 2 aliphatic heterocycles. The van der Waals surface area contributed by atoms with Crippen molar-refractivity contribution in [1.29, 1.82) is 0 Å². The third-order valence-electron chi connectivity index (χ3n) is 7.95. The van der Waals surface area contributed by atoms with E-state index in [9.17, 15) is 24.3 Å². The van der Waals surface area contributed by atoms with Crippen LogP contribution in [0, 0.1) is 0 Å². The van der Waals surface area contributed by atoms with Crippen molar-refractivity contribution in [2.45, 2.75) is 0 Å². The summed E-state index contributed by atoms with van der Waals surface area (Å²) >= 11 is 0. The van der Waals surface area contributed by atoms with Crippen molar-refractivity contribution in [2.24, 2.45) is 0 Å². The number of aromatic hydroxyl groups is 1. The fourth-order valence-corrected chi connectivity index (χ4v) is 6.22. The normalized spacial score (nSPS) is 15.2. The second kappa shape index (κ2) is 6.72. The molecule has 2 aliphatic rings. The van der Waals surface area contributed by atoms with Gasteiger partial charge in [0.25, 0.3) is 23.6 Å². The monoisotopic (exact) mass is 496 g/mol. The zero-order chi connectivity index (χ0) is 26.0. The number of hydrogen-bond donors (Lipinski definition) is 1. The number of phenolic OH excluding ortho intramolecular Hbond substituents is 1. The van der Waals surface area contributed by atoms with Crippen LogP contribution in [-0.4, -0.2) is 40.7 Å². The smallest absolute Gasteiger partial charge is 0.265 e. The predicted molar refractivity (Wildman–Crippen MR) is 143 cm³/mol. The zero-order valence-electron chi connectivity index (χ0n) is 19.9. The van der Waals surface area contributed by atoms with Gasteiger partial charge in [-0.2, -0.15) is 0 Å². The molecule has 180 valence electrons. The van der Waals surface area contributed by atoms with Gasteiger partial charge in [0, 0.05) is 40.1 Å². The van der Waals surface area contributed by atoms with Crippen molar-refractivity contribution >= 4 is 72.4 Å². The molecule has 6 aromatic carbocycles. The Labute approximate surface area is 214 Å². The number of nitrogens with zero attached hydrogens (tertiary/aromatic N) is 2. The molecule has 0 saturated heterocycles. The van der Waals surface area contributed by atoms with Crippen LogP contribution in [-0.2, 0) is 0 Å². The molecule has 7 heteroatoms. The molecule has 0 atom stereocenters. The first-order chi connectivity index (χ1) is 18.4. The summed E-state index contributed by atoms with van der Waals surface area (Å²) in [5.41, 5.74) is 2.16. The molecule has 8 rings (SSSR count). The Bertz CT molecular complexity index is 2010. The summed E-state index contributed by atoms with van der Waals surface area (Å²) in [4.78, 5) is 55.5. The predicted octanol–water partition coefficient (Wildman–Crippen LogP) is 5.47. The molecule has 2 heterocycles. The largest absolute Gasteiger partial charge is 0.508 e. The van der Waals surface area contributed by atoms with Gasteiger partial charge < -0.3 is 5.11 Å². The topological polar surface area (TPSA) is 95.0 Å². The Morgan fingerprint density at radius 2 is 0.842 bits per heavy atom. The van der Waals surface area contributed by atoms with E-state index in [1.54, 1.807) is 24.3 Å². The van der Waals surface area contributed by atoms with Crippen LogP contribution in [0.3, 0.4) is 0 Å².